The van der Waals surface area contributed by atoms with Crippen LogP contribution in [0.5, 0.6) is 0 Å². The first-order valence-corrected chi connectivity index (χ1v) is 6.16. The van der Waals surface area contributed by atoms with E-state index in [9.17, 15) is 18.0 Å². The van der Waals surface area contributed by atoms with Crippen LogP contribution in [0.15, 0.2) is 24.3 Å². The third-order valence-corrected chi connectivity index (χ3v) is 2.90. The molecule has 1 atom stereocenters. The zero-order chi connectivity index (χ0) is 13.8. The zero-order valence-electron chi connectivity index (χ0n) is 9.42. The molecule has 0 heterocycles. The minimum Gasteiger partial charge on any atom is -0.445 e. The van der Waals surface area contributed by atoms with Gasteiger partial charge in [-0.15, -0.1) is 0 Å². The van der Waals surface area contributed by atoms with Gasteiger partial charge in [0.1, 0.15) is 6.10 Å². The van der Waals surface area contributed by atoms with E-state index in [0.717, 1.165) is 12.1 Å². The summed E-state index contributed by atoms with van der Waals surface area (Å²) in [7, 11) is 0. The number of rotatable bonds is 3. The summed E-state index contributed by atoms with van der Waals surface area (Å²) in [6, 6.07) is 4.12. The fourth-order valence-electron chi connectivity index (χ4n) is 1.10. The predicted octanol–water partition coefficient (Wildman–Crippen LogP) is 4.04. The van der Waals surface area contributed by atoms with Crippen molar-refractivity contribution in [3.05, 3.63) is 29.8 Å². The molecule has 0 aliphatic rings. The predicted molar refractivity (Wildman–Crippen MR) is 64.8 cm³/mol. The molecule has 1 aromatic carbocycles. The van der Waals surface area contributed by atoms with Crippen LogP contribution in [-0.4, -0.2) is 17.5 Å². The van der Waals surface area contributed by atoms with Gasteiger partial charge >= 0.3 is 12.3 Å². The number of benzene rings is 1. The molecule has 0 saturated heterocycles. The molecule has 0 aliphatic carbocycles. The van der Waals surface area contributed by atoms with Gasteiger partial charge in [-0.25, -0.2) is 4.79 Å². The van der Waals surface area contributed by atoms with Gasteiger partial charge in [-0.1, -0.05) is 15.9 Å². The van der Waals surface area contributed by atoms with Crippen molar-refractivity contribution in [2.75, 3.05) is 10.6 Å². The van der Waals surface area contributed by atoms with Crippen molar-refractivity contribution in [1.82, 2.24) is 0 Å². The molecule has 7 heteroatoms. The number of ether oxygens (including phenoxy) is 1. The summed E-state index contributed by atoms with van der Waals surface area (Å²) in [6.07, 6.45) is -5.41. The SMILES string of the molecule is CC(CBr)OC(=O)Nc1ccc(C(F)(F)F)cc1. The summed E-state index contributed by atoms with van der Waals surface area (Å²) in [5.41, 5.74) is -0.523. The van der Waals surface area contributed by atoms with E-state index in [2.05, 4.69) is 21.2 Å². The van der Waals surface area contributed by atoms with E-state index in [1.165, 1.54) is 12.1 Å². The topological polar surface area (TPSA) is 38.3 Å². The Kier molecular flexibility index (Phi) is 5.01. The molecule has 0 aromatic heterocycles. The number of carbonyl (C=O) groups is 1. The highest BCUT2D eigenvalue weighted by molar-refractivity contribution is 9.09. The van der Waals surface area contributed by atoms with Crippen LogP contribution in [0.3, 0.4) is 0 Å². The Labute approximate surface area is 110 Å². The van der Waals surface area contributed by atoms with E-state index in [-0.39, 0.29) is 11.8 Å². The largest absolute Gasteiger partial charge is 0.445 e. The maximum atomic E-state index is 12.3. The molecule has 3 nitrogen and oxygen atoms in total. The lowest BCUT2D eigenvalue weighted by Crippen LogP contribution is -2.21. The van der Waals surface area contributed by atoms with Crippen LogP contribution in [0, 0.1) is 0 Å². The van der Waals surface area contributed by atoms with Crippen LogP contribution < -0.4 is 5.32 Å². The Morgan fingerprint density at radius 3 is 2.39 bits per heavy atom. The second-order valence-electron chi connectivity index (χ2n) is 3.57. The third-order valence-electron chi connectivity index (χ3n) is 1.98. The molecule has 0 saturated carbocycles. The Morgan fingerprint density at radius 1 is 1.39 bits per heavy atom. The highest BCUT2D eigenvalue weighted by Crippen LogP contribution is 2.29. The molecule has 1 unspecified atom stereocenters. The fourth-order valence-corrected chi connectivity index (χ4v) is 1.24. The molecule has 0 aliphatic heterocycles. The van der Waals surface area contributed by atoms with Crippen molar-refractivity contribution in [2.45, 2.75) is 19.2 Å². The minimum atomic E-state index is -4.39. The van der Waals surface area contributed by atoms with Gasteiger partial charge in [-0.3, -0.25) is 5.32 Å². The number of hydrogen-bond acceptors (Lipinski definition) is 2. The summed E-state index contributed by atoms with van der Waals surface area (Å²) in [4.78, 5) is 11.3. The molecule has 100 valence electrons. The Balaban J connectivity index is 2.61. The molecular weight excluding hydrogens is 315 g/mol. The van der Waals surface area contributed by atoms with Crippen LogP contribution in [0.1, 0.15) is 12.5 Å². The highest BCUT2D eigenvalue weighted by Gasteiger charge is 2.29. The monoisotopic (exact) mass is 325 g/mol. The fraction of sp³-hybridized carbons (Fsp3) is 0.364. The first-order valence-electron chi connectivity index (χ1n) is 5.04. The van der Waals surface area contributed by atoms with E-state index >= 15 is 0 Å². The average Bonchev–Trinajstić information content (AvgIpc) is 2.28. The summed E-state index contributed by atoms with van der Waals surface area (Å²) < 4.78 is 41.7. The van der Waals surface area contributed by atoms with Crippen LogP contribution in [0.2, 0.25) is 0 Å². The third kappa shape index (κ3) is 4.56. The quantitative estimate of drug-likeness (QED) is 0.852. The van der Waals surface area contributed by atoms with E-state index < -0.39 is 17.8 Å². The van der Waals surface area contributed by atoms with Crippen molar-refractivity contribution in [3.8, 4) is 0 Å². The lowest BCUT2D eigenvalue weighted by Gasteiger charge is -2.12. The molecule has 0 fully saturated rings. The number of anilines is 1. The first-order chi connectivity index (χ1) is 8.32. The molecule has 1 rings (SSSR count). The van der Waals surface area contributed by atoms with Gasteiger partial charge in [0.25, 0.3) is 0 Å². The van der Waals surface area contributed by atoms with Gasteiger partial charge in [0.15, 0.2) is 0 Å². The Hall–Kier alpha value is -1.24. The van der Waals surface area contributed by atoms with Crippen molar-refractivity contribution >= 4 is 27.7 Å². The van der Waals surface area contributed by atoms with E-state index in [4.69, 9.17) is 4.74 Å². The molecule has 0 spiro atoms. The first kappa shape index (κ1) is 14.8. The normalized spacial score (nSPS) is 12.9. The standard InChI is InChI=1S/C11H11BrF3NO2/c1-7(6-12)18-10(17)16-9-4-2-8(3-5-9)11(13,14)15/h2-5,7H,6H2,1H3,(H,16,17). The second-order valence-corrected chi connectivity index (χ2v) is 4.22. The van der Waals surface area contributed by atoms with Crippen molar-refractivity contribution in [3.63, 3.8) is 0 Å². The maximum absolute atomic E-state index is 12.3. The molecule has 18 heavy (non-hydrogen) atoms. The lowest BCUT2D eigenvalue weighted by molar-refractivity contribution is -0.137. The van der Waals surface area contributed by atoms with Crippen molar-refractivity contribution in [1.29, 1.82) is 0 Å². The van der Waals surface area contributed by atoms with Crippen LogP contribution in [0.4, 0.5) is 23.7 Å². The van der Waals surface area contributed by atoms with Gasteiger partial charge in [0.05, 0.1) is 5.56 Å². The summed E-state index contributed by atoms with van der Waals surface area (Å²) >= 11 is 3.13. The molecular formula is C11H11BrF3NO2. The number of nitrogens with one attached hydrogen (secondary N) is 1. The van der Waals surface area contributed by atoms with E-state index in [0.29, 0.717) is 5.33 Å². The molecule has 0 bridgehead atoms. The number of halogens is 4. The Bertz CT molecular complexity index is 406. The van der Waals surface area contributed by atoms with Gasteiger partial charge < -0.3 is 4.74 Å². The highest BCUT2D eigenvalue weighted by atomic mass is 79.9. The summed E-state index contributed by atoms with van der Waals surface area (Å²) in [5, 5.41) is 2.82. The molecule has 1 amide bonds. The van der Waals surface area contributed by atoms with Crippen molar-refractivity contribution in [2.24, 2.45) is 0 Å². The van der Waals surface area contributed by atoms with E-state index in [1.807, 2.05) is 0 Å². The maximum Gasteiger partial charge on any atom is 0.416 e. The smallest absolute Gasteiger partial charge is 0.416 e. The van der Waals surface area contributed by atoms with E-state index in [1.54, 1.807) is 6.92 Å². The number of amides is 1. The molecule has 1 aromatic rings. The van der Waals surface area contributed by atoms with Gasteiger partial charge in [-0.05, 0) is 31.2 Å². The number of hydrogen-bond donors (Lipinski definition) is 1. The number of carbonyl (C=O) groups excluding carboxylic acids is 1. The van der Waals surface area contributed by atoms with Gasteiger partial charge in [0.2, 0.25) is 0 Å². The van der Waals surface area contributed by atoms with Gasteiger partial charge in [0, 0.05) is 11.0 Å². The molecule has 0 radical (unpaired) electrons. The van der Waals surface area contributed by atoms with Gasteiger partial charge in [-0.2, -0.15) is 13.2 Å². The lowest BCUT2D eigenvalue weighted by atomic mass is 10.2. The van der Waals surface area contributed by atoms with Crippen molar-refractivity contribution < 1.29 is 22.7 Å². The zero-order valence-corrected chi connectivity index (χ0v) is 11.0. The summed E-state index contributed by atoms with van der Waals surface area (Å²) in [5.74, 6) is 0. The van der Waals surface area contributed by atoms with Crippen LogP contribution in [-0.2, 0) is 10.9 Å². The molecule has 1 N–H and O–H groups in total. The average molecular weight is 326 g/mol. The minimum absolute atomic E-state index is 0.245. The van der Waals surface area contributed by atoms with Crippen LogP contribution in [0.25, 0.3) is 0 Å². The summed E-state index contributed by atoms with van der Waals surface area (Å²) in [6.45, 7) is 1.68. The van der Waals surface area contributed by atoms with Crippen LogP contribution >= 0.6 is 15.9 Å². The second kappa shape index (κ2) is 6.08. The number of alkyl halides is 4. The Morgan fingerprint density at radius 2 is 1.94 bits per heavy atom.